The van der Waals surface area contributed by atoms with Crippen LogP contribution in [0.4, 0.5) is 4.39 Å². The highest BCUT2D eigenvalue weighted by molar-refractivity contribution is 5.84. The zero-order chi connectivity index (χ0) is 18.5. The van der Waals surface area contributed by atoms with Gasteiger partial charge in [-0.25, -0.2) is 4.39 Å². The molecule has 5 rings (SSSR count). The first-order valence-corrected chi connectivity index (χ1v) is 9.58. The van der Waals surface area contributed by atoms with Crippen molar-refractivity contribution in [3.63, 3.8) is 0 Å². The first-order chi connectivity index (χ1) is 12.3. The molecule has 0 aromatic heterocycles. The summed E-state index contributed by atoms with van der Waals surface area (Å²) in [7, 11) is 1.84. The van der Waals surface area contributed by atoms with E-state index >= 15 is 0 Å². The van der Waals surface area contributed by atoms with Crippen molar-refractivity contribution in [1.82, 2.24) is 10.2 Å². The predicted octanol–water partition coefficient (Wildman–Crippen LogP) is 3.26. The average Bonchev–Trinajstić information content (AvgIpc) is 2.53. The molecule has 1 aromatic carbocycles. The fraction of sp³-hybridized carbons (Fsp3) is 0.619. The van der Waals surface area contributed by atoms with E-state index in [1.165, 1.54) is 18.6 Å². The molecule has 4 atom stereocenters. The third-order valence-electron chi connectivity index (χ3n) is 6.64. The Kier molecular flexibility index (Phi) is 4.08. The summed E-state index contributed by atoms with van der Waals surface area (Å²) in [5.74, 6) is 0.999. The first kappa shape index (κ1) is 17.5. The van der Waals surface area contributed by atoms with Crippen molar-refractivity contribution < 1.29 is 14.0 Å². The number of nitrogens with zero attached hydrogens (tertiary/aromatic N) is 1. The molecule has 4 bridgehead atoms. The molecule has 1 N–H and O–H groups in total. The summed E-state index contributed by atoms with van der Waals surface area (Å²) in [6, 6.07) is 6.34. The molecule has 5 heteroatoms. The lowest BCUT2D eigenvalue weighted by molar-refractivity contribution is -0.162. The minimum atomic E-state index is -0.346. The van der Waals surface area contributed by atoms with Gasteiger partial charge >= 0.3 is 0 Å². The third-order valence-corrected chi connectivity index (χ3v) is 6.64. The highest BCUT2D eigenvalue weighted by atomic mass is 19.1. The van der Waals surface area contributed by atoms with Gasteiger partial charge in [-0.15, -0.1) is 0 Å². The second-order valence-electron chi connectivity index (χ2n) is 8.99. The van der Waals surface area contributed by atoms with E-state index in [0.717, 1.165) is 37.7 Å². The van der Waals surface area contributed by atoms with Gasteiger partial charge in [-0.2, -0.15) is 0 Å². The van der Waals surface area contributed by atoms with Crippen molar-refractivity contribution >= 4 is 11.8 Å². The Balaban J connectivity index is 1.54. The maximum Gasteiger partial charge on any atom is 0.228 e. The Morgan fingerprint density at radius 3 is 2.35 bits per heavy atom. The molecular formula is C21H27FN2O2. The van der Waals surface area contributed by atoms with Gasteiger partial charge in [0.1, 0.15) is 5.82 Å². The maximum atomic E-state index is 13.4. The molecule has 4 fully saturated rings. The monoisotopic (exact) mass is 358 g/mol. The van der Waals surface area contributed by atoms with Crippen molar-refractivity contribution in [1.29, 1.82) is 0 Å². The van der Waals surface area contributed by atoms with E-state index < -0.39 is 0 Å². The number of rotatable bonds is 4. The minimum Gasteiger partial charge on any atom is -0.351 e. The Morgan fingerprint density at radius 2 is 1.77 bits per heavy atom. The number of hydrogen-bond donors (Lipinski definition) is 1. The van der Waals surface area contributed by atoms with Crippen molar-refractivity contribution in [2.24, 2.45) is 17.3 Å². The summed E-state index contributed by atoms with van der Waals surface area (Å²) in [5.41, 5.74) is 0.396. The molecule has 4 aliphatic rings. The normalized spacial score (nSPS) is 34.6. The Morgan fingerprint density at radius 1 is 1.15 bits per heavy atom. The zero-order valence-corrected chi connectivity index (χ0v) is 15.6. The van der Waals surface area contributed by atoms with Gasteiger partial charge in [0.05, 0.1) is 5.41 Å². The topological polar surface area (TPSA) is 49.4 Å². The number of carbonyl (C=O) groups excluding carboxylic acids is 2. The van der Waals surface area contributed by atoms with Gasteiger partial charge in [-0.3, -0.25) is 9.59 Å². The van der Waals surface area contributed by atoms with Gasteiger partial charge in [-0.1, -0.05) is 12.1 Å². The molecular weight excluding hydrogens is 331 g/mol. The van der Waals surface area contributed by atoms with E-state index in [1.807, 2.05) is 7.05 Å². The minimum absolute atomic E-state index is 0.00853. The van der Waals surface area contributed by atoms with Crippen LogP contribution < -0.4 is 5.32 Å². The van der Waals surface area contributed by atoms with Crippen LogP contribution in [-0.2, 0) is 16.1 Å². The van der Waals surface area contributed by atoms with Crippen LogP contribution in [0, 0.1) is 23.1 Å². The molecule has 4 nitrogen and oxygen atoms in total. The lowest BCUT2D eigenvalue weighted by Gasteiger charge is -2.61. The van der Waals surface area contributed by atoms with E-state index in [9.17, 15) is 14.0 Å². The highest BCUT2D eigenvalue weighted by Crippen LogP contribution is 2.62. The van der Waals surface area contributed by atoms with Crippen LogP contribution >= 0.6 is 0 Å². The molecule has 0 aliphatic heterocycles. The lowest BCUT2D eigenvalue weighted by atomic mass is 9.46. The summed E-state index contributed by atoms with van der Waals surface area (Å²) < 4.78 is 13.1. The Labute approximate surface area is 154 Å². The molecule has 140 valence electrons. The van der Waals surface area contributed by atoms with Gasteiger partial charge in [0.15, 0.2) is 0 Å². The smallest absolute Gasteiger partial charge is 0.228 e. The van der Waals surface area contributed by atoms with Gasteiger partial charge < -0.3 is 10.2 Å². The van der Waals surface area contributed by atoms with Gasteiger partial charge in [0.25, 0.3) is 0 Å². The summed E-state index contributed by atoms with van der Waals surface area (Å²) in [6.07, 6.45) is 5.87. The van der Waals surface area contributed by atoms with Crippen LogP contribution in [0.15, 0.2) is 24.3 Å². The molecule has 0 spiro atoms. The van der Waals surface area contributed by atoms with Crippen LogP contribution in [-0.4, -0.2) is 29.3 Å². The van der Waals surface area contributed by atoms with Crippen molar-refractivity contribution in [3.8, 4) is 0 Å². The van der Waals surface area contributed by atoms with Gasteiger partial charge in [-0.05, 0) is 68.1 Å². The van der Waals surface area contributed by atoms with Crippen LogP contribution in [0.25, 0.3) is 0 Å². The van der Waals surface area contributed by atoms with Crippen molar-refractivity contribution in [2.45, 2.75) is 57.5 Å². The van der Waals surface area contributed by atoms with E-state index in [2.05, 4.69) is 5.32 Å². The summed E-state index contributed by atoms with van der Waals surface area (Å²) >= 11 is 0. The van der Waals surface area contributed by atoms with Crippen LogP contribution in [0.5, 0.6) is 0 Å². The van der Waals surface area contributed by atoms with E-state index in [1.54, 1.807) is 24.0 Å². The van der Waals surface area contributed by atoms with Crippen LogP contribution in [0.2, 0.25) is 0 Å². The first-order valence-electron chi connectivity index (χ1n) is 9.58. The molecule has 0 saturated heterocycles. The van der Waals surface area contributed by atoms with Gasteiger partial charge in [0, 0.05) is 26.1 Å². The standard InChI is InChI=1S/C21H27FN2O2/c1-14(25)23-21-10-16-7-17(11-21)9-20(8-16,13-21)19(26)24(2)12-15-3-5-18(22)6-4-15/h3-6,16-17H,7-13H2,1-2H3,(H,23,25)/t16-,17+,20?,21?. The maximum absolute atomic E-state index is 13.4. The molecule has 2 unspecified atom stereocenters. The molecule has 4 saturated carbocycles. The number of amides is 2. The molecule has 26 heavy (non-hydrogen) atoms. The molecule has 1 aromatic rings. The molecule has 0 heterocycles. The van der Waals surface area contributed by atoms with Crippen molar-refractivity contribution in [3.05, 3.63) is 35.6 Å². The molecule has 0 radical (unpaired) electrons. The lowest BCUT2D eigenvalue weighted by Crippen LogP contribution is -2.65. The van der Waals surface area contributed by atoms with Crippen LogP contribution in [0.1, 0.15) is 51.0 Å². The summed E-state index contributed by atoms with van der Waals surface area (Å²) in [4.78, 5) is 27.0. The number of carbonyl (C=O) groups is 2. The van der Waals surface area contributed by atoms with Gasteiger partial charge in [0.2, 0.25) is 11.8 Å². The van der Waals surface area contributed by atoms with E-state index in [-0.39, 0.29) is 28.6 Å². The highest BCUT2D eigenvalue weighted by Gasteiger charge is 2.61. The Hall–Kier alpha value is -1.91. The fourth-order valence-corrected chi connectivity index (χ4v) is 6.37. The summed E-state index contributed by atoms with van der Waals surface area (Å²) in [5, 5.41) is 3.21. The largest absolute Gasteiger partial charge is 0.351 e. The Bertz CT molecular complexity index is 716. The number of nitrogens with one attached hydrogen (secondary N) is 1. The molecule has 2 amide bonds. The second kappa shape index (κ2) is 6.07. The number of benzene rings is 1. The predicted molar refractivity (Wildman–Crippen MR) is 96.5 cm³/mol. The zero-order valence-electron chi connectivity index (χ0n) is 15.6. The van der Waals surface area contributed by atoms with Crippen LogP contribution in [0.3, 0.4) is 0 Å². The SMILES string of the molecule is CC(=O)NC12C[C@H]3C[C@@H](C1)CC(C(=O)N(C)Cc1ccc(F)cc1)(C3)C2. The third kappa shape index (κ3) is 3.01. The fourth-order valence-electron chi connectivity index (χ4n) is 6.37. The van der Waals surface area contributed by atoms with E-state index in [0.29, 0.717) is 18.4 Å². The number of halogens is 1. The second-order valence-corrected chi connectivity index (χ2v) is 8.99. The average molecular weight is 358 g/mol. The summed E-state index contributed by atoms with van der Waals surface area (Å²) in [6.45, 7) is 2.07. The van der Waals surface area contributed by atoms with Crippen molar-refractivity contribution in [2.75, 3.05) is 7.05 Å². The van der Waals surface area contributed by atoms with E-state index in [4.69, 9.17) is 0 Å². The molecule has 4 aliphatic carbocycles. The quantitative estimate of drug-likeness (QED) is 0.898. The number of hydrogen-bond acceptors (Lipinski definition) is 2.